The molecule has 312 valence electrons. The molecule has 25 heteroatoms. The van der Waals surface area contributed by atoms with Crippen LogP contribution in [0.3, 0.4) is 0 Å². The number of nitro groups is 1. The van der Waals surface area contributed by atoms with Gasteiger partial charge in [-0.1, -0.05) is 23.7 Å². The number of anilines is 1. The average molecular weight is 871 g/mol. The maximum atomic E-state index is 12.8. The molecule has 57 heavy (non-hydrogen) atoms. The molecule has 0 saturated heterocycles. The van der Waals surface area contributed by atoms with Crippen molar-refractivity contribution in [3.63, 3.8) is 0 Å². The number of para-hydroxylation sites is 1. The molecule has 3 aromatic rings. The van der Waals surface area contributed by atoms with E-state index in [1.54, 1.807) is 45.0 Å². The van der Waals surface area contributed by atoms with Gasteiger partial charge < -0.3 is 29.1 Å². The molecule has 19 nitrogen and oxygen atoms in total. The van der Waals surface area contributed by atoms with Crippen LogP contribution < -0.4 is 14.8 Å². The van der Waals surface area contributed by atoms with E-state index in [2.05, 4.69) is 10.0 Å². The van der Waals surface area contributed by atoms with Crippen molar-refractivity contribution in [1.82, 2.24) is 9.62 Å². The molecule has 1 atom stereocenters. The van der Waals surface area contributed by atoms with E-state index in [9.17, 15) is 55.4 Å². The zero-order chi connectivity index (χ0) is 43.5. The number of carboxylic acids is 1. The molecular weight excluding hydrogens is 836 g/mol. The van der Waals surface area contributed by atoms with Gasteiger partial charge in [0.2, 0.25) is 0 Å². The fraction of sp³-hybridized carbons (Fsp3) is 0.312. The van der Waals surface area contributed by atoms with E-state index in [0.717, 1.165) is 34.6 Å². The van der Waals surface area contributed by atoms with Gasteiger partial charge in [-0.2, -0.15) is 21.6 Å². The maximum Gasteiger partial charge on any atom is 0.416 e. The number of amides is 1. The predicted octanol–water partition coefficient (Wildman–Crippen LogP) is 5.17. The van der Waals surface area contributed by atoms with E-state index in [-0.39, 0.29) is 23.1 Å². The number of esters is 2. The van der Waals surface area contributed by atoms with Crippen molar-refractivity contribution in [3.8, 4) is 11.5 Å². The summed E-state index contributed by atoms with van der Waals surface area (Å²) in [6.07, 6.45) is -6.54. The molecule has 0 spiro atoms. The first-order chi connectivity index (χ1) is 26.3. The first-order valence-electron chi connectivity index (χ1n) is 15.9. The first-order valence-corrected chi connectivity index (χ1v) is 19.5. The first kappa shape index (κ1) is 47.8. The van der Waals surface area contributed by atoms with Crippen LogP contribution in [-0.2, 0) is 40.0 Å². The van der Waals surface area contributed by atoms with E-state index in [1.165, 1.54) is 6.92 Å². The Bertz CT molecular complexity index is 2140. The lowest BCUT2D eigenvalue weighted by Gasteiger charge is -2.31. The minimum atomic E-state index is -4.61. The van der Waals surface area contributed by atoms with Gasteiger partial charge in [-0.15, -0.1) is 0 Å². The summed E-state index contributed by atoms with van der Waals surface area (Å²) < 4.78 is 90.1. The fourth-order valence-corrected chi connectivity index (χ4v) is 6.36. The van der Waals surface area contributed by atoms with Gasteiger partial charge in [0.1, 0.15) is 17.1 Å². The Kier molecular flexibility index (Phi) is 17.0. The molecule has 0 saturated carbocycles. The predicted molar refractivity (Wildman–Crippen MR) is 194 cm³/mol. The molecule has 4 rings (SSSR count). The lowest BCUT2D eigenvalue weighted by atomic mass is 10.1. The topological polar surface area (TPSA) is 278 Å². The third-order valence-corrected chi connectivity index (χ3v) is 9.21. The van der Waals surface area contributed by atoms with Gasteiger partial charge in [0.25, 0.3) is 11.6 Å². The number of ether oxygens (including phenoxy) is 3. The second-order valence-electron chi connectivity index (χ2n) is 11.5. The zero-order valence-electron chi connectivity index (χ0n) is 30.1. The number of aliphatic carboxylic acids is 1. The summed E-state index contributed by atoms with van der Waals surface area (Å²) in [6.45, 7) is 5.69. The average Bonchev–Trinajstić information content (AvgIpc) is 3.08. The number of benzene rings is 3. The Morgan fingerprint density at radius 2 is 1.70 bits per heavy atom. The Balaban J connectivity index is 0.000000355. The van der Waals surface area contributed by atoms with Gasteiger partial charge in [-0.05, 0) is 64.1 Å². The molecule has 1 amide bonds. The molecule has 1 unspecified atom stereocenters. The van der Waals surface area contributed by atoms with E-state index in [1.807, 2.05) is 0 Å². The van der Waals surface area contributed by atoms with Crippen LogP contribution in [0.15, 0.2) is 60.7 Å². The SMILES string of the molecule is CC(C)N1C(=O)c2ccccc2NS1(=O)=O.CCOC(=O)C(C)OC(=O)c1cc(Oc2ccc(C(F)(F)F)cc2Cl)ccc1[N+](=O)[O-].O=C(O)CNCP(=O)(O)O. The van der Waals surface area contributed by atoms with Gasteiger partial charge in [0, 0.05) is 18.2 Å². The van der Waals surface area contributed by atoms with Crippen LogP contribution in [0, 0.1) is 10.1 Å². The van der Waals surface area contributed by atoms with Crippen molar-refractivity contribution in [2.24, 2.45) is 0 Å². The third-order valence-electron chi connectivity index (χ3n) is 6.69. The number of alkyl halides is 3. The van der Waals surface area contributed by atoms with Gasteiger partial charge in [0.05, 0.1) is 46.2 Å². The van der Waals surface area contributed by atoms with E-state index < -0.39 is 94.5 Å². The largest absolute Gasteiger partial charge is 0.480 e. The monoisotopic (exact) mass is 870 g/mol. The Morgan fingerprint density at radius 3 is 2.23 bits per heavy atom. The van der Waals surface area contributed by atoms with Crippen molar-refractivity contribution in [1.29, 1.82) is 0 Å². The van der Waals surface area contributed by atoms with E-state index in [4.69, 9.17) is 40.7 Å². The standard InChI is InChI=1S/C19H15ClF3NO7.C10H12N2O3S.C3H8NO5P/c1-3-29-17(25)10(2)30-18(26)13-9-12(5-6-15(13)24(27)28)31-16-7-4-11(8-14(16)20)19(21,22)23;1-7(2)12-10(13)8-5-3-4-6-9(8)11-16(12,14)15;5-3(6)1-4-2-10(7,8)9/h4-10H,3H2,1-2H3;3-7,11H,1-2H3;4H,1-2H2,(H,5,6)(H2,7,8,9). The summed E-state index contributed by atoms with van der Waals surface area (Å²) in [5.74, 6) is -3.98. The molecule has 0 bridgehead atoms. The summed E-state index contributed by atoms with van der Waals surface area (Å²) in [4.78, 5) is 72.5. The smallest absolute Gasteiger partial charge is 0.416 e. The Labute approximate surface area is 327 Å². The highest BCUT2D eigenvalue weighted by Crippen LogP contribution is 2.37. The molecule has 5 N–H and O–H groups in total. The number of carboxylic acid groups (broad SMARTS) is 1. The molecule has 3 aromatic carbocycles. The minimum Gasteiger partial charge on any atom is -0.480 e. The number of carbonyl (C=O) groups is 4. The number of fused-ring (bicyclic) bond motifs is 1. The van der Waals surface area contributed by atoms with Crippen molar-refractivity contribution in [2.45, 2.75) is 46.0 Å². The van der Waals surface area contributed by atoms with Crippen molar-refractivity contribution in [3.05, 3.63) is 92.5 Å². The van der Waals surface area contributed by atoms with Crippen LogP contribution in [0.25, 0.3) is 0 Å². The van der Waals surface area contributed by atoms with Crippen LogP contribution in [0.5, 0.6) is 11.5 Å². The maximum absolute atomic E-state index is 12.8. The molecule has 0 aliphatic carbocycles. The van der Waals surface area contributed by atoms with Crippen LogP contribution in [0.1, 0.15) is 54.0 Å². The zero-order valence-corrected chi connectivity index (χ0v) is 32.5. The second kappa shape index (κ2) is 20.2. The lowest BCUT2D eigenvalue weighted by Crippen LogP contribution is -2.48. The Morgan fingerprint density at radius 1 is 1.07 bits per heavy atom. The highest BCUT2D eigenvalue weighted by molar-refractivity contribution is 7.91. The Hall–Kier alpha value is -5.32. The lowest BCUT2D eigenvalue weighted by molar-refractivity contribution is -0.385. The number of halogens is 4. The number of rotatable bonds is 12. The van der Waals surface area contributed by atoms with Crippen LogP contribution in [0.4, 0.5) is 24.5 Å². The van der Waals surface area contributed by atoms with Gasteiger partial charge in [-0.3, -0.25) is 34.3 Å². The normalized spacial score (nSPS) is 13.7. The van der Waals surface area contributed by atoms with Gasteiger partial charge >= 0.3 is 41.9 Å². The van der Waals surface area contributed by atoms with Crippen LogP contribution >= 0.6 is 19.2 Å². The highest BCUT2D eigenvalue weighted by atomic mass is 35.5. The summed E-state index contributed by atoms with van der Waals surface area (Å²) in [7, 11) is -7.85. The van der Waals surface area contributed by atoms with E-state index in [0.29, 0.717) is 17.3 Å². The number of hydrogen-bond acceptors (Lipinski definition) is 13. The highest BCUT2D eigenvalue weighted by Gasteiger charge is 2.37. The molecule has 1 aliphatic rings. The number of hydrogen-bond donors (Lipinski definition) is 5. The number of nitro benzene ring substituents is 1. The third kappa shape index (κ3) is 14.6. The summed E-state index contributed by atoms with van der Waals surface area (Å²) >= 11 is 5.83. The number of carbonyl (C=O) groups excluding carboxylic acids is 3. The van der Waals surface area contributed by atoms with Crippen LogP contribution in [-0.4, -0.2) is 87.9 Å². The van der Waals surface area contributed by atoms with E-state index >= 15 is 0 Å². The molecule has 1 aliphatic heterocycles. The van der Waals surface area contributed by atoms with Crippen LogP contribution in [0.2, 0.25) is 5.02 Å². The number of nitrogens with one attached hydrogen (secondary N) is 2. The van der Waals surface area contributed by atoms with Crippen molar-refractivity contribution in [2.75, 3.05) is 24.2 Å². The summed E-state index contributed by atoms with van der Waals surface area (Å²) in [5.41, 5.74) is -1.45. The molecule has 0 radical (unpaired) electrons. The quantitative estimate of drug-likeness (QED) is 0.0679. The fourth-order valence-electron chi connectivity index (χ4n) is 4.32. The minimum absolute atomic E-state index is 0.0398. The molecular formula is C32H35ClF3N4O15PS. The van der Waals surface area contributed by atoms with Crippen molar-refractivity contribution < 1.29 is 79.4 Å². The molecule has 0 fully saturated rings. The molecule has 0 aromatic heterocycles. The summed E-state index contributed by atoms with van der Waals surface area (Å²) in [6, 6.07) is 11.5. The number of nitrogens with zero attached hydrogens (tertiary/aromatic N) is 2. The molecule has 1 heterocycles. The summed E-state index contributed by atoms with van der Waals surface area (Å²) in [5, 5.41) is 20.9. The van der Waals surface area contributed by atoms with Gasteiger partial charge in [-0.25, -0.2) is 13.9 Å². The van der Waals surface area contributed by atoms with Crippen molar-refractivity contribution >= 4 is 64.6 Å². The second-order valence-corrected chi connectivity index (χ2v) is 15.1. The van der Waals surface area contributed by atoms with Gasteiger partial charge in [0.15, 0.2) is 6.10 Å².